The van der Waals surface area contributed by atoms with Gasteiger partial charge in [0.25, 0.3) is 5.56 Å². The van der Waals surface area contributed by atoms with Crippen LogP contribution in [0, 0.1) is 0 Å². The van der Waals surface area contributed by atoms with Crippen molar-refractivity contribution in [1.82, 2.24) is 15.0 Å². The van der Waals surface area contributed by atoms with Crippen molar-refractivity contribution >= 4 is 15.9 Å². The number of aryl methyl sites for hydroxylation is 1. The van der Waals surface area contributed by atoms with Gasteiger partial charge in [-0.15, -0.1) is 0 Å². The molecule has 15 heavy (non-hydrogen) atoms. The van der Waals surface area contributed by atoms with Crippen LogP contribution < -0.4 is 5.56 Å². The molecular weight excluding hydrogens is 258 g/mol. The lowest BCUT2D eigenvalue weighted by Crippen LogP contribution is -2.13. The molecule has 0 radical (unpaired) electrons. The number of H-pyrrole nitrogens is 2. The molecule has 2 rings (SSSR count). The zero-order chi connectivity index (χ0) is 10.8. The summed E-state index contributed by atoms with van der Waals surface area (Å²) in [6.45, 7) is 1.96. The van der Waals surface area contributed by atoms with Gasteiger partial charge in [0.2, 0.25) is 0 Å². The van der Waals surface area contributed by atoms with Gasteiger partial charge >= 0.3 is 0 Å². The highest BCUT2D eigenvalue weighted by atomic mass is 79.9. The predicted octanol–water partition coefficient (Wildman–Crippen LogP) is 2.09. The van der Waals surface area contributed by atoms with Crippen LogP contribution in [-0.4, -0.2) is 15.0 Å². The number of hydrogen-bond acceptors (Lipinski definition) is 2. The van der Waals surface area contributed by atoms with Crippen LogP contribution >= 0.6 is 15.9 Å². The molecule has 0 aliphatic carbocycles. The van der Waals surface area contributed by atoms with E-state index in [4.69, 9.17) is 0 Å². The lowest BCUT2D eigenvalue weighted by atomic mass is 10.3. The van der Waals surface area contributed by atoms with Crippen molar-refractivity contribution in [2.45, 2.75) is 13.3 Å². The van der Waals surface area contributed by atoms with Gasteiger partial charge < -0.3 is 9.97 Å². The number of halogens is 1. The highest BCUT2D eigenvalue weighted by molar-refractivity contribution is 9.10. The average Bonchev–Trinajstić information content (AvgIpc) is 2.75. The summed E-state index contributed by atoms with van der Waals surface area (Å²) in [4.78, 5) is 21.6. The first-order chi connectivity index (χ1) is 7.22. The van der Waals surface area contributed by atoms with Gasteiger partial charge in [-0.2, -0.15) is 0 Å². The minimum Gasteiger partial charge on any atom is -0.359 e. The average molecular weight is 268 g/mol. The third-order valence-electron chi connectivity index (χ3n) is 2.12. The van der Waals surface area contributed by atoms with E-state index in [0.29, 0.717) is 10.3 Å². The lowest BCUT2D eigenvalue weighted by molar-refractivity contribution is 0.966. The SMILES string of the molecule is CCc1nc(-c2ccc[nH]2)[nH]c(=O)c1Br. The van der Waals surface area contributed by atoms with Gasteiger partial charge in [0.15, 0.2) is 5.82 Å². The first kappa shape index (κ1) is 10.2. The second-order valence-electron chi connectivity index (χ2n) is 3.11. The maximum absolute atomic E-state index is 11.6. The molecule has 78 valence electrons. The van der Waals surface area contributed by atoms with E-state index in [1.54, 1.807) is 6.20 Å². The number of hydrogen-bond donors (Lipinski definition) is 2. The van der Waals surface area contributed by atoms with Crippen molar-refractivity contribution in [1.29, 1.82) is 0 Å². The Bertz CT molecular complexity index is 516. The van der Waals surface area contributed by atoms with Crippen LogP contribution in [-0.2, 0) is 6.42 Å². The van der Waals surface area contributed by atoms with E-state index < -0.39 is 0 Å². The maximum Gasteiger partial charge on any atom is 0.265 e. The summed E-state index contributed by atoms with van der Waals surface area (Å²) in [6.07, 6.45) is 2.52. The molecule has 0 fully saturated rings. The molecule has 0 unspecified atom stereocenters. The highest BCUT2D eigenvalue weighted by Crippen LogP contribution is 2.15. The molecule has 0 aliphatic heterocycles. The molecule has 0 saturated carbocycles. The van der Waals surface area contributed by atoms with E-state index in [1.165, 1.54) is 0 Å². The van der Waals surface area contributed by atoms with Crippen LogP contribution in [0.3, 0.4) is 0 Å². The van der Waals surface area contributed by atoms with Crippen LogP contribution in [0.4, 0.5) is 0 Å². The minimum atomic E-state index is -0.147. The monoisotopic (exact) mass is 267 g/mol. The van der Waals surface area contributed by atoms with Crippen molar-refractivity contribution in [3.63, 3.8) is 0 Å². The van der Waals surface area contributed by atoms with Crippen LogP contribution in [0.25, 0.3) is 11.5 Å². The van der Waals surface area contributed by atoms with Crippen LogP contribution in [0.2, 0.25) is 0 Å². The Morgan fingerprint density at radius 2 is 2.33 bits per heavy atom. The predicted molar refractivity (Wildman–Crippen MR) is 61.7 cm³/mol. The summed E-state index contributed by atoms with van der Waals surface area (Å²) < 4.78 is 0.514. The van der Waals surface area contributed by atoms with Gasteiger partial charge in [-0.3, -0.25) is 4.79 Å². The molecule has 2 heterocycles. The number of rotatable bonds is 2. The van der Waals surface area contributed by atoms with Crippen molar-refractivity contribution in [2.75, 3.05) is 0 Å². The molecule has 2 N–H and O–H groups in total. The Morgan fingerprint density at radius 1 is 1.53 bits per heavy atom. The molecular formula is C10H10BrN3O. The van der Waals surface area contributed by atoms with E-state index in [-0.39, 0.29) is 5.56 Å². The van der Waals surface area contributed by atoms with Gasteiger partial charge in [-0.25, -0.2) is 4.98 Å². The van der Waals surface area contributed by atoms with Crippen LogP contribution in [0.15, 0.2) is 27.6 Å². The van der Waals surface area contributed by atoms with Crippen molar-refractivity contribution in [3.8, 4) is 11.5 Å². The van der Waals surface area contributed by atoms with Gasteiger partial charge in [0, 0.05) is 6.20 Å². The smallest absolute Gasteiger partial charge is 0.265 e. The summed E-state index contributed by atoms with van der Waals surface area (Å²) in [5.41, 5.74) is 1.43. The number of aromatic nitrogens is 3. The molecule has 4 nitrogen and oxygen atoms in total. The molecule has 0 spiro atoms. The molecule has 2 aromatic rings. The van der Waals surface area contributed by atoms with Crippen LogP contribution in [0.1, 0.15) is 12.6 Å². The molecule has 0 bridgehead atoms. The molecule has 2 aromatic heterocycles. The van der Waals surface area contributed by atoms with E-state index in [2.05, 4.69) is 30.9 Å². The zero-order valence-electron chi connectivity index (χ0n) is 8.17. The topological polar surface area (TPSA) is 61.5 Å². The standard InChI is InChI=1S/C10H10BrN3O/c1-2-6-8(11)10(15)14-9(13-6)7-4-3-5-12-7/h3-5,12H,2H2,1H3,(H,13,14,15). The Morgan fingerprint density at radius 3 is 2.93 bits per heavy atom. The normalized spacial score (nSPS) is 10.5. The number of aromatic amines is 2. The Balaban J connectivity index is 2.61. The first-order valence-electron chi connectivity index (χ1n) is 4.64. The fourth-order valence-electron chi connectivity index (χ4n) is 1.34. The second-order valence-corrected chi connectivity index (χ2v) is 3.91. The Hall–Kier alpha value is -1.36. The number of nitrogens with zero attached hydrogens (tertiary/aromatic N) is 1. The quantitative estimate of drug-likeness (QED) is 0.876. The first-order valence-corrected chi connectivity index (χ1v) is 5.44. The molecule has 0 aromatic carbocycles. The summed E-state index contributed by atoms with van der Waals surface area (Å²) >= 11 is 3.22. The van der Waals surface area contributed by atoms with Crippen LogP contribution in [0.5, 0.6) is 0 Å². The Kier molecular flexibility index (Phi) is 2.73. The summed E-state index contributed by atoms with van der Waals surface area (Å²) in [7, 11) is 0. The molecule has 5 heteroatoms. The maximum atomic E-state index is 11.6. The van der Waals surface area contributed by atoms with Gasteiger partial charge in [0.05, 0.1) is 11.4 Å². The van der Waals surface area contributed by atoms with Gasteiger partial charge in [-0.1, -0.05) is 6.92 Å². The largest absolute Gasteiger partial charge is 0.359 e. The number of nitrogens with one attached hydrogen (secondary N) is 2. The lowest BCUT2D eigenvalue weighted by Gasteiger charge is -2.02. The molecule has 0 atom stereocenters. The van der Waals surface area contributed by atoms with Gasteiger partial charge in [0.1, 0.15) is 4.47 Å². The van der Waals surface area contributed by atoms with E-state index in [1.807, 2.05) is 19.1 Å². The third kappa shape index (κ3) is 1.87. The fourth-order valence-corrected chi connectivity index (χ4v) is 1.81. The summed E-state index contributed by atoms with van der Waals surface area (Å²) in [5, 5.41) is 0. The third-order valence-corrected chi connectivity index (χ3v) is 2.94. The Labute approximate surface area is 94.9 Å². The molecule has 0 amide bonds. The minimum absolute atomic E-state index is 0.147. The van der Waals surface area contributed by atoms with E-state index in [0.717, 1.165) is 17.8 Å². The van der Waals surface area contributed by atoms with Crippen molar-refractivity contribution in [3.05, 3.63) is 38.9 Å². The zero-order valence-corrected chi connectivity index (χ0v) is 9.76. The van der Waals surface area contributed by atoms with Gasteiger partial charge in [-0.05, 0) is 34.5 Å². The summed E-state index contributed by atoms with van der Waals surface area (Å²) in [5.74, 6) is 0.574. The molecule has 0 saturated heterocycles. The fraction of sp³-hybridized carbons (Fsp3) is 0.200. The second kappa shape index (κ2) is 4.02. The molecule has 0 aliphatic rings. The van der Waals surface area contributed by atoms with Crippen molar-refractivity contribution in [2.24, 2.45) is 0 Å². The van der Waals surface area contributed by atoms with E-state index in [9.17, 15) is 4.79 Å². The van der Waals surface area contributed by atoms with E-state index >= 15 is 0 Å². The highest BCUT2D eigenvalue weighted by Gasteiger charge is 2.08. The summed E-state index contributed by atoms with van der Waals surface area (Å²) in [6, 6.07) is 3.73. The van der Waals surface area contributed by atoms with Crippen molar-refractivity contribution < 1.29 is 0 Å².